The molecule has 0 bridgehead atoms. The Labute approximate surface area is 181 Å². The first-order valence-corrected chi connectivity index (χ1v) is 11.2. The third kappa shape index (κ3) is 3.40. The number of carbonyl (C=O) groups is 3. The Balaban J connectivity index is 1.45. The molecule has 3 aliphatic rings. The number of urea groups is 1. The van der Waals surface area contributed by atoms with Crippen molar-refractivity contribution in [1.82, 2.24) is 25.3 Å². The molecule has 5 rings (SSSR count). The fourth-order valence-electron chi connectivity index (χ4n) is 5.08. The molecule has 0 unspecified atom stereocenters. The molecule has 2 aromatic rings. The summed E-state index contributed by atoms with van der Waals surface area (Å²) in [4.78, 5) is 43.5. The van der Waals surface area contributed by atoms with Gasteiger partial charge in [-0.05, 0) is 32.1 Å². The van der Waals surface area contributed by atoms with Crippen LogP contribution in [0.3, 0.4) is 0 Å². The molecule has 2 fully saturated rings. The first-order valence-electron chi connectivity index (χ1n) is 11.2. The second-order valence-corrected chi connectivity index (χ2v) is 8.71. The molecule has 31 heavy (non-hydrogen) atoms. The maximum Gasteiger partial charge on any atom is 0.344 e. The number of hydrogen-bond acceptors (Lipinski definition) is 4. The lowest BCUT2D eigenvalue weighted by atomic mass is 9.82. The zero-order chi connectivity index (χ0) is 21.4. The van der Waals surface area contributed by atoms with Crippen LogP contribution in [0.1, 0.15) is 67.5 Å². The van der Waals surface area contributed by atoms with Crippen molar-refractivity contribution in [2.75, 3.05) is 0 Å². The maximum atomic E-state index is 13.2. The summed E-state index contributed by atoms with van der Waals surface area (Å²) in [6.07, 6.45) is 7.90. The molecule has 0 atom stereocenters. The molecular weight excluding hydrogens is 394 g/mol. The van der Waals surface area contributed by atoms with Gasteiger partial charge in [-0.2, -0.15) is 5.01 Å². The van der Waals surface area contributed by atoms with Crippen molar-refractivity contribution >= 4 is 17.8 Å². The highest BCUT2D eigenvalue weighted by molar-refractivity contribution is 6.09. The summed E-state index contributed by atoms with van der Waals surface area (Å²) in [5.74, 6) is -0.119. The average molecular weight is 422 g/mol. The van der Waals surface area contributed by atoms with Gasteiger partial charge in [0, 0.05) is 12.1 Å². The minimum Gasteiger partial charge on any atom is -0.327 e. The second kappa shape index (κ2) is 7.83. The second-order valence-electron chi connectivity index (χ2n) is 8.71. The zero-order valence-corrected chi connectivity index (χ0v) is 17.5. The van der Waals surface area contributed by atoms with Gasteiger partial charge < -0.3 is 9.88 Å². The van der Waals surface area contributed by atoms with Crippen LogP contribution >= 0.6 is 0 Å². The van der Waals surface area contributed by atoms with E-state index < -0.39 is 17.5 Å². The molecule has 1 saturated carbocycles. The number of aromatic nitrogens is 2. The molecule has 4 amide bonds. The van der Waals surface area contributed by atoms with Crippen molar-refractivity contribution in [3.05, 3.63) is 41.7 Å². The number of imidazole rings is 1. The molecule has 1 aliphatic carbocycles. The maximum absolute atomic E-state index is 13.2. The van der Waals surface area contributed by atoms with Crippen molar-refractivity contribution in [2.45, 2.75) is 69.9 Å². The number of fused-ring (bicyclic) bond motifs is 1. The Morgan fingerprint density at radius 2 is 1.74 bits per heavy atom. The van der Waals surface area contributed by atoms with Crippen molar-refractivity contribution in [3.63, 3.8) is 0 Å². The van der Waals surface area contributed by atoms with Gasteiger partial charge in [-0.3, -0.25) is 15.0 Å². The highest BCUT2D eigenvalue weighted by Crippen LogP contribution is 2.33. The molecule has 8 nitrogen and oxygen atoms in total. The van der Waals surface area contributed by atoms with Gasteiger partial charge in [0.25, 0.3) is 11.8 Å². The van der Waals surface area contributed by atoms with Gasteiger partial charge in [0.1, 0.15) is 11.4 Å². The Morgan fingerprint density at radius 3 is 2.52 bits per heavy atom. The largest absolute Gasteiger partial charge is 0.344 e. The molecule has 162 valence electrons. The third-order valence-electron chi connectivity index (χ3n) is 6.70. The Morgan fingerprint density at radius 1 is 1.00 bits per heavy atom. The van der Waals surface area contributed by atoms with E-state index in [9.17, 15) is 14.4 Å². The lowest BCUT2D eigenvalue weighted by Crippen LogP contribution is -2.51. The van der Waals surface area contributed by atoms with Crippen LogP contribution in [0.25, 0.3) is 11.4 Å². The normalized spacial score (nSPS) is 20.3. The number of imide groups is 1. The van der Waals surface area contributed by atoms with Gasteiger partial charge in [0.05, 0.1) is 5.69 Å². The zero-order valence-electron chi connectivity index (χ0n) is 17.5. The molecule has 1 spiro atoms. The predicted octanol–water partition coefficient (Wildman–Crippen LogP) is 3.18. The van der Waals surface area contributed by atoms with Crippen LogP contribution < -0.4 is 10.7 Å². The summed E-state index contributed by atoms with van der Waals surface area (Å²) in [5, 5.41) is 3.69. The summed E-state index contributed by atoms with van der Waals surface area (Å²) in [7, 11) is 0. The molecule has 1 aromatic carbocycles. The van der Waals surface area contributed by atoms with Gasteiger partial charge in [-0.1, -0.05) is 56.0 Å². The van der Waals surface area contributed by atoms with E-state index in [1.165, 1.54) is 0 Å². The number of hydrazine groups is 1. The van der Waals surface area contributed by atoms with Crippen molar-refractivity contribution in [2.24, 2.45) is 0 Å². The predicted molar refractivity (Wildman–Crippen MR) is 114 cm³/mol. The van der Waals surface area contributed by atoms with Gasteiger partial charge in [0.15, 0.2) is 5.69 Å². The number of nitrogens with zero attached hydrogens (tertiary/aromatic N) is 3. The number of amides is 4. The topological polar surface area (TPSA) is 96.3 Å². The van der Waals surface area contributed by atoms with E-state index in [2.05, 4.69) is 20.3 Å². The number of benzene rings is 1. The highest BCUT2D eigenvalue weighted by Gasteiger charge is 2.52. The minimum absolute atomic E-state index is 0.297. The third-order valence-corrected chi connectivity index (χ3v) is 6.70. The van der Waals surface area contributed by atoms with E-state index >= 15 is 0 Å². The van der Waals surface area contributed by atoms with E-state index in [0.29, 0.717) is 18.5 Å². The van der Waals surface area contributed by atoms with Gasteiger partial charge >= 0.3 is 6.03 Å². The van der Waals surface area contributed by atoms with Crippen LogP contribution in [-0.2, 0) is 17.8 Å². The van der Waals surface area contributed by atoms with Crippen LogP contribution in [0, 0.1) is 0 Å². The molecule has 3 heterocycles. The number of nitrogens with one attached hydrogen (secondary N) is 2. The molecular formula is C23H27N5O3. The number of carbonyl (C=O) groups excluding carboxylic acids is 3. The summed E-state index contributed by atoms with van der Waals surface area (Å²) >= 11 is 0. The molecule has 1 aromatic heterocycles. The first kappa shape index (κ1) is 19.8. The SMILES string of the molecule is O=C(NN1C(=O)NC2(CCCCC2)C1=O)c1nc(-c2ccccc2)n2c1CCCCC2. The summed E-state index contributed by atoms with van der Waals surface area (Å²) in [6.45, 7) is 0.798. The van der Waals surface area contributed by atoms with Crippen molar-refractivity contribution in [1.29, 1.82) is 0 Å². The van der Waals surface area contributed by atoms with Gasteiger partial charge in [0.2, 0.25) is 0 Å². The molecule has 8 heteroatoms. The Bertz CT molecular complexity index is 1020. The summed E-state index contributed by atoms with van der Waals surface area (Å²) < 4.78 is 2.12. The quantitative estimate of drug-likeness (QED) is 0.744. The van der Waals surface area contributed by atoms with Crippen LogP contribution in [0.4, 0.5) is 4.79 Å². The smallest absolute Gasteiger partial charge is 0.327 e. The lowest BCUT2D eigenvalue weighted by molar-refractivity contribution is -0.134. The van der Waals surface area contributed by atoms with Crippen molar-refractivity contribution < 1.29 is 14.4 Å². The summed E-state index contributed by atoms with van der Waals surface area (Å²) in [6, 6.07) is 9.24. The average Bonchev–Trinajstić information content (AvgIpc) is 3.12. The van der Waals surface area contributed by atoms with Crippen LogP contribution in [0.2, 0.25) is 0 Å². The number of rotatable bonds is 3. The van der Waals surface area contributed by atoms with Crippen LogP contribution in [0.5, 0.6) is 0 Å². The lowest BCUT2D eigenvalue weighted by Gasteiger charge is -2.30. The Kier molecular flexibility index (Phi) is 5.00. The van der Waals surface area contributed by atoms with Gasteiger partial charge in [-0.15, -0.1) is 0 Å². The fraction of sp³-hybridized carbons (Fsp3) is 0.478. The van der Waals surface area contributed by atoms with Gasteiger partial charge in [-0.25, -0.2) is 9.78 Å². The van der Waals surface area contributed by atoms with Crippen LogP contribution in [-0.4, -0.2) is 37.9 Å². The van der Waals surface area contributed by atoms with E-state index in [4.69, 9.17) is 0 Å². The molecule has 2 aliphatic heterocycles. The van der Waals surface area contributed by atoms with Crippen LogP contribution in [0.15, 0.2) is 30.3 Å². The molecule has 0 radical (unpaired) electrons. The number of hydrogen-bond donors (Lipinski definition) is 2. The molecule has 1 saturated heterocycles. The monoisotopic (exact) mass is 421 g/mol. The summed E-state index contributed by atoms with van der Waals surface area (Å²) in [5.41, 5.74) is 3.80. The van der Waals surface area contributed by atoms with E-state index in [1.807, 2.05) is 30.3 Å². The molecule has 2 N–H and O–H groups in total. The minimum atomic E-state index is -0.872. The van der Waals surface area contributed by atoms with E-state index in [1.54, 1.807) is 0 Å². The van der Waals surface area contributed by atoms with E-state index in [-0.39, 0.29) is 5.91 Å². The first-order chi connectivity index (χ1) is 15.1. The highest BCUT2D eigenvalue weighted by atomic mass is 16.2. The Hall–Kier alpha value is -3.16. The fourth-order valence-corrected chi connectivity index (χ4v) is 5.08. The standard InChI is InChI=1S/C23H27N5O3/c29-20(26-28-21(30)23(25-22(28)31)13-7-3-8-14-23)18-17-12-6-2-9-15-27(17)19(24-18)16-10-4-1-5-11-16/h1,4-5,10-11H,2-3,6-9,12-15H2,(H,25,31)(H,26,29). The van der Waals surface area contributed by atoms with Crippen molar-refractivity contribution in [3.8, 4) is 11.4 Å². The van der Waals surface area contributed by atoms with E-state index in [0.717, 1.165) is 73.6 Å².